The topological polar surface area (TPSA) is 95.9 Å². The Morgan fingerprint density at radius 3 is 2.86 bits per heavy atom. The van der Waals surface area contributed by atoms with Crippen LogP contribution in [0.4, 0.5) is 0 Å². The SMILES string of the molecule is COCCN1CC(C(=O)NCCCC(C)C(=O)O)CC1=O. The minimum Gasteiger partial charge on any atom is -0.481 e. The Balaban J connectivity index is 2.24. The van der Waals surface area contributed by atoms with E-state index in [2.05, 4.69) is 5.32 Å². The molecule has 0 radical (unpaired) electrons. The molecule has 0 spiro atoms. The first kappa shape index (κ1) is 17.4. The number of carboxylic acid groups (broad SMARTS) is 1. The molecule has 120 valence electrons. The van der Waals surface area contributed by atoms with Crippen LogP contribution in [0.25, 0.3) is 0 Å². The number of carboxylic acids is 1. The van der Waals surface area contributed by atoms with Crippen LogP contribution in [0.5, 0.6) is 0 Å². The van der Waals surface area contributed by atoms with Crippen molar-refractivity contribution in [3.05, 3.63) is 0 Å². The first-order valence-electron chi connectivity index (χ1n) is 7.23. The maximum atomic E-state index is 12.0. The molecule has 2 unspecified atom stereocenters. The molecule has 0 aromatic rings. The van der Waals surface area contributed by atoms with Gasteiger partial charge in [-0.1, -0.05) is 6.92 Å². The molecule has 1 rings (SSSR count). The fourth-order valence-corrected chi connectivity index (χ4v) is 2.25. The molecule has 21 heavy (non-hydrogen) atoms. The molecule has 1 aliphatic heterocycles. The number of rotatable bonds is 9. The van der Waals surface area contributed by atoms with Crippen LogP contribution in [0.1, 0.15) is 26.2 Å². The summed E-state index contributed by atoms with van der Waals surface area (Å²) >= 11 is 0. The Labute approximate surface area is 124 Å². The van der Waals surface area contributed by atoms with Crippen LogP contribution in [0.2, 0.25) is 0 Å². The van der Waals surface area contributed by atoms with E-state index in [1.165, 1.54) is 0 Å². The summed E-state index contributed by atoms with van der Waals surface area (Å²) < 4.78 is 4.93. The average Bonchev–Trinajstić information content (AvgIpc) is 2.82. The number of amides is 2. The first-order chi connectivity index (χ1) is 9.95. The van der Waals surface area contributed by atoms with E-state index in [1.54, 1.807) is 18.9 Å². The fourth-order valence-electron chi connectivity index (χ4n) is 2.25. The van der Waals surface area contributed by atoms with Crippen LogP contribution >= 0.6 is 0 Å². The van der Waals surface area contributed by atoms with Crippen molar-refractivity contribution in [3.8, 4) is 0 Å². The highest BCUT2D eigenvalue weighted by atomic mass is 16.5. The fraction of sp³-hybridized carbons (Fsp3) is 0.786. The molecule has 7 nitrogen and oxygen atoms in total. The van der Waals surface area contributed by atoms with Gasteiger partial charge in [-0.2, -0.15) is 0 Å². The first-order valence-corrected chi connectivity index (χ1v) is 7.23. The number of carbonyl (C=O) groups is 3. The van der Waals surface area contributed by atoms with Gasteiger partial charge in [-0.15, -0.1) is 0 Å². The van der Waals surface area contributed by atoms with Crippen molar-refractivity contribution < 1.29 is 24.2 Å². The lowest BCUT2D eigenvalue weighted by atomic mass is 10.1. The van der Waals surface area contributed by atoms with E-state index >= 15 is 0 Å². The maximum Gasteiger partial charge on any atom is 0.306 e. The number of hydrogen-bond donors (Lipinski definition) is 2. The van der Waals surface area contributed by atoms with Gasteiger partial charge in [0, 0.05) is 33.2 Å². The molecular weight excluding hydrogens is 276 g/mol. The van der Waals surface area contributed by atoms with Crippen molar-refractivity contribution in [1.29, 1.82) is 0 Å². The Bertz CT molecular complexity index is 386. The van der Waals surface area contributed by atoms with Crippen molar-refractivity contribution >= 4 is 17.8 Å². The van der Waals surface area contributed by atoms with Crippen molar-refractivity contribution in [2.45, 2.75) is 26.2 Å². The Morgan fingerprint density at radius 1 is 1.52 bits per heavy atom. The van der Waals surface area contributed by atoms with Gasteiger partial charge in [0.2, 0.25) is 11.8 Å². The quantitative estimate of drug-likeness (QED) is 0.589. The number of nitrogens with one attached hydrogen (secondary N) is 1. The normalized spacial score (nSPS) is 19.6. The van der Waals surface area contributed by atoms with E-state index in [1.807, 2.05) is 0 Å². The lowest BCUT2D eigenvalue weighted by Crippen LogP contribution is -2.34. The molecule has 2 N–H and O–H groups in total. The summed E-state index contributed by atoms with van der Waals surface area (Å²) in [5, 5.41) is 11.5. The van der Waals surface area contributed by atoms with Gasteiger partial charge >= 0.3 is 5.97 Å². The molecule has 1 aliphatic rings. The Hall–Kier alpha value is -1.63. The van der Waals surface area contributed by atoms with E-state index in [9.17, 15) is 14.4 Å². The third-order valence-corrected chi connectivity index (χ3v) is 3.69. The van der Waals surface area contributed by atoms with E-state index in [0.717, 1.165) is 0 Å². The number of hydrogen-bond acceptors (Lipinski definition) is 4. The maximum absolute atomic E-state index is 12.0. The van der Waals surface area contributed by atoms with Gasteiger partial charge in [0.15, 0.2) is 0 Å². The van der Waals surface area contributed by atoms with Crippen LogP contribution in [-0.4, -0.2) is 61.1 Å². The molecule has 0 aromatic carbocycles. The molecule has 0 aliphatic carbocycles. The number of carbonyl (C=O) groups excluding carboxylic acids is 2. The lowest BCUT2D eigenvalue weighted by Gasteiger charge is -2.15. The zero-order valence-corrected chi connectivity index (χ0v) is 12.6. The summed E-state index contributed by atoms with van der Waals surface area (Å²) in [6.07, 6.45) is 1.38. The van der Waals surface area contributed by atoms with Crippen LogP contribution in [-0.2, 0) is 19.1 Å². The van der Waals surface area contributed by atoms with Gasteiger partial charge in [-0.3, -0.25) is 14.4 Å². The van der Waals surface area contributed by atoms with Gasteiger partial charge in [0.05, 0.1) is 18.4 Å². The van der Waals surface area contributed by atoms with Crippen molar-refractivity contribution in [1.82, 2.24) is 10.2 Å². The number of nitrogens with zero attached hydrogens (tertiary/aromatic N) is 1. The summed E-state index contributed by atoms with van der Waals surface area (Å²) in [7, 11) is 1.57. The Morgan fingerprint density at radius 2 is 2.24 bits per heavy atom. The standard InChI is InChI=1S/C14H24N2O5/c1-10(14(19)20)4-3-5-15-13(18)11-8-12(17)16(9-11)6-7-21-2/h10-11H,3-9H2,1-2H3,(H,15,18)(H,19,20). The second kappa shape index (κ2) is 8.61. The highest BCUT2D eigenvalue weighted by molar-refractivity contribution is 5.89. The number of methoxy groups -OCH3 is 1. The lowest BCUT2D eigenvalue weighted by molar-refractivity contribution is -0.141. The van der Waals surface area contributed by atoms with Crippen LogP contribution in [0.3, 0.4) is 0 Å². The zero-order valence-electron chi connectivity index (χ0n) is 12.6. The van der Waals surface area contributed by atoms with Gasteiger partial charge in [-0.25, -0.2) is 0 Å². The van der Waals surface area contributed by atoms with E-state index in [-0.39, 0.29) is 24.2 Å². The molecular formula is C14H24N2O5. The minimum absolute atomic E-state index is 0.0216. The molecule has 1 heterocycles. The van der Waals surface area contributed by atoms with Crippen molar-refractivity contribution in [2.75, 3.05) is 33.4 Å². The number of aliphatic carboxylic acids is 1. The van der Waals surface area contributed by atoms with Crippen molar-refractivity contribution in [2.24, 2.45) is 11.8 Å². The zero-order chi connectivity index (χ0) is 15.8. The molecule has 0 bridgehead atoms. The largest absolute Gasteiger partial charge is 0.481 e. The third-order valence-electron chi connectivity index (χ3n) is 3.69. The summed E-state index contributed by atoms with van der Waals surface area (Å²) in [6, 6.07) is 0. The van der Waals surface area contributed by atoms with Gasteiger partial charge in [0.25, 0.3) is 0 Å². The summed E-state index contributed by atoms with van der Waals surface area (Å²) in [6.45, 7) is 3.49. The van der Waals surface area contributed by atoms with E-state index in [4.69, 9.17) is 9.84 Å². The minimum atomic E-state index is -0.823. The van der Waals surface area contributed by atoms with E-state index in [0.29, 0.717) is 39.1 Å². The summed E-state index contributed by atoms with van der Waals surface area (Å²) in [5.74, 6) is -1.69. The monoisotopic (exact) mass is 300 g/mol. The number of likely N-dealkylation sites (tertiary alicyclic amines) is 1. The predicted molar refractivity (Wildman–Crippen MR) is 75.6 cm³/mol. The second-order valence-corrected chi connectivity index (χ2v) is 5.41. The predicted octanol–water partition coefficient (Wildman–Crippen LogP) is 0.0984. The average molecular weight is 300 g/mol. The molecule has 0 saturated carbocycles. The third kappa shape index (κ3) is 5.71. The van der Waals surface area contributed by atoms with Crippen molar-refractivity contribution in [3.63, 3.8) is 0 Å². The number of ether oxygens (including phenoxy) is 1. The van der Waals surface area contributed by atoms with Crippen LogP contribution in [0.15, 0.2) is 0 Å². The van der Waals surface area contributed by atoms with Gasteiger partial charge in [-0.05, 0) is 12.8 Å². The molecule has 1 fully saturated rings. The highest BCUT2D eigenvalue weighted by Crippen LogP contribution is 2.17. The second-order valence-electron chi connectivity index (χ2n) is 5.41. The highest BCUT2D eigenvalue weighted by Gasteiger charge is 2.33. The van der Waals surface area contributed by atoms with E-state index < -0.39 is 11.9 Å². The van der Waals surface area contributed by atoms with Gasteiger partial charge < -0.3 is 20.1 Å². The molecule has 7 heteroatoms. The van der Waals surface area contributed by atoms with Gasteiger partial charge in [0.1, 0.15) is 0 Å². The summed E-state index contributed by atoms with van der Waals surface area (Å²) in [4.78, 5) is 36.0. The molecule has 2 amide bonds. The smallest absolute Gasteiger partial charge is 0.306 e. The van der Waals surface area contributed by atoms with Crippen LogP contribution < -0.4 is 5.32 Å². The molecule has 2 atom stereocenters. The molecule has 1 saturated heterocycles. The Kier molecular flexibility index (Phi) is 7.14. The van der Waals surface area contributed by atoms with Crippen LogP contribution in [0, 0.1) is 11.8 Å². The summed E-state index contributed by atoms with van der Waals surface area (Å²) in [5.41, 5.74) is 0. The molecule has 0 aromatic heterocycles.